The maximum Gasteiger partial charge on any atom is 0.0615 e. The largest absolute Gasteiger partial charge is 0.383 e. The summed E-state index contributed by atoms with van der Waals surface area (Å²) in [5, 5.41) is 3.68. The van der Waals surface area contributed by atoms with E-state index in [-0.39, 0.29) is 0 Å². The van der Waals surface area contributed by atoms with Gasteiger partial charge in [-0.3, -0.25) is 0 Å². The van der Waals surface area contributed by atoms with Crippen LogP contribution in [0.25, 0.3) is 0 Å². The Balaban J connectivity index is 2.31. The molecule has 3 unspecified atom stereocenters. The number of rotatable bonds is 7. The molecule has 1 N–H and O–H groups in total. The molecule has 0 aromatic heterocycles. The molecule has 0 saturated heterocycles. The van der Waals surface area contributed by atoms with Crippen LogP contribution in [-0.4, -0.2) is 26.3 Å². The highest BCUT2D eigenvalue weighted by atomic mass is 16.5. The van der Waals surface area contributed by atoms with Gasteiger partial charge in [0.25, 0.3) is 0 Å². The van der Waals surface area contributed by atoms with Gasteiger partial charge in [0.1, 0.15) is 0 Å². The van der Waals surface area contributed by atoms with E-state index in [9.17, 15) is 0 Å². The zero-order valence-electron chi connectivity index (χ0n) is 12.0. The van der Waals surface area contributed by atoms with Crippen molar-refractivity contribution in [3.05, 3.63) is 11.6 Å². The molecule has 1 aliphatic rings. The molecule has 1 rings (SSSR count). The average molecular weight is 239 g/mol. The van der Waals surface area contributed by atoms with Gasteiger partial charge in [0.05, 0.1) is 6.61 Å². The summed E-state index contributed by atoms with van der Waals surface area (Å²) in [7, 11) is 1.79. The molecule has 1 aliphatic carbocycles. The summed E-state index contributed by atoms with van der Waals surface area (Å²) >= 11 is 0. The fourth-order valence-corrected chi connectivity index (χ4v) is 2.97. The van der Waals surface area contributed by atoms with E-state index in [0.717, 1.165) is 25.0 Å². The fourth-order valence-electron chi connectivity index (χ4n) is 2.97. The minimum absolute atomic E-state index is 0.534. The molecule has 0 aliphatic heterocycles. The van der Waals surface area contributed by atoms with Crippen LogP contribution in [0.2, 0.25) is 0 Å². The predicted molar refractivity (Wildman–Crippen MR) is 74.2 cm³/mol. The average Bonchev–Trinajstić information content (AvgIpc) is 2.25. The Kier molecular flexibility index (Phi) is 6.83. The lowest BCUT2D eigenvalue weighted by Crippen LogP contribution is -2.37. The van der Waals surface area contributed by atoms with Crippen LogP contribution in [-0.2, 0) is 4.74 Å². The lowest BCUT2D eigenvalue weighted by atomic mass is 9.83. The first-order valence-corrected chi connectivity index (χ1v) is 7.05. The maximum atomic E-state index is 5.26. The molecule has 0 saturated carbocycles. The minimum Gasteiger partial charge on any atom is -0.383 e. The third-order valence-electron chi connectivity index (χ3n) is 3.58. The number of ether oxygens (including phenoxy) is 1. The first-order chi connectivity index (χ1) is 8.15. The second-order valence-corrected chi connectivity index (χ2v) is 5.65. The third kappa shape index (κ3) is 5.69. The number of hydrogen-bond acceptors (Lipinski definition) is 2. The van der Waals surface area contributed by atoms with E-state index < -0.39 is 0 Å². The molecule has 0 spiro atoms. The molecular weight excluding hydrogens is 210 g/mol. The molecule has 0 heterocycles. The molecule has 2 nitrogen and oxygen atoms in total. The number of nitrogens with one attached hydrogen (secondary N) is 1. The third-order valence-corrected chi connectivity index (χ3v) is 3.58. The highest BCUT2D eigenvalue weighted by Gasteiger charge is 2.18. The molecule has 0 fully saturated rings. The van der Waals surface area contributed by atoms with Crippen LogP contribution in [0.4, 0.5) is 0 Å². The first-order valence-electron chi connectivity index (χ1n) is 7.05. The summed E-state index contributed by atoms with van der Waals surface area (Å²) in [5.41, 5.74) is 1.56. The molecule has 100 valence electrons. The lowest BCUT2D eigenvalue weighted by Gasteiger charge is -2.27. The van der Waals surface area contributed by atoms with Crippen LogP contribution >= 0.6 is 0 Å². The van der Waals surface area contributed by atoms with Crippen LogP contribution in [0, 0.1) is 11.8 Å². The molecule has 3 atom stereocenters. The SMILES string of the molecule is CCCC(COC)NCC1CC(C)=CC(C)C1. The fraction of sp³-hybridized carbons (Fsp3) is 0.867. The molecular formula is C15H29NO. The van der Waals surface area contributed by atoms with E-state index in [1.54, 1.807) is 12.7 Å². The van der Waals surface area contributed by atoms with E-state index in [1.165, 1.54) is 25.7 Å². The Morgan fingerprint density at radius 3 is 2.88 bits per heavy atom. The van der Waals surface area contributed by atoms with Crippen molar-refractivity contribution in [3.63, 3.8) is 0 Å². The number of allylic oxidation sites excluding steroid dienone is 2. The van der Waals surface area contributed by atoms with Crippen LogP contribution in [0.3, 0.4) is 0 Å². The second kappa shape index (κ2) is 7.88. The van der Waals surface area contributed by atoms with Gasteiger partial charge in [-0.05, 0) is 44.6 Å². The Hall–Kier alpha value is -0.340. The Labute approximate surface area is 107 Å². The van der Waals surface area contributed by atoms with Crippen molar-refractivity contribution in [2.24, 2.45) is 11.8 Å². The Morgan fingerprint density at radius 1 is 1.53 bits per heavy atom. The van der Waals surface area contributed by atoms with Gasteiger partial charge in [-0.25, -0.2) is 0 Å². The highest BCUT2D eigenvalue weighted by molar-refractivity contribution is 5.06. The Morgan fingerprint density at radius 2 is 2.29 bits per heavy atom. The second-order valence-electron chi connectivity index (χ2n) is 5.65. The van der Waals surface area contributed by atoms with E-state index in [2.05, 4.69) is 32.2 Å². The van der Waals surface area contributed by atoms with Gasteiger partial charge in [-0.15, -0.1) is 0 Å². The van der Waals surface area contributed by atoms with Crippen molar-refractivity contribution < 1.29 is 4.74 Å². The van der Waals surface area contributed by atoms with Gasteiger partial charge >= 0.3 is 0 Å². The molecule has 0 amide bonds. The molecule has 0 radical (unpaired) electrons. The molecule has 0 aromatic rings. The summed E-state index contributed by atoms with van der Waals surface area (Å²) in [4.78, 5) is 0. The number of hydrogen-bond donors (Lipinski definition) is 1. The van der Waals surface area contributed by atoms with Crippen LogP contribution in [0.15, 0.2) is 11.6 Å². The topological polar surface area (TPSA) is 21.3 Å². The van der Waals surface area contributed by atoms with Crippen LogP contribution in [0.5, 0.6) is 0 Å². The lowest BCUT2D eigenvalue weighted by molar-refractivity contribution is 0.158. The van der Waals surface area contributed by atoms with Crippen molar-refractivity contribution >= 4 is 0 Å². The van der Waals surface area contributed by atoms with Gasteiger partial charge in [0.15, 0.2) is 0 Å². The molecule has 0 aromatic carbocycles. The van der Waals surface area contributed by atoms with E-state index in [4.69, 9.17) is 4.74 Å². The predicted octanol–water partition coefficient (Wildman–Crippen LogP) is 3.38. The maximum absolute atomic E-state index is 5.26. The zero-order valence-corrected chi connectivity index (χ0v) is 12.0. The Bertz CT molecular complexity index is 231. The summed E-state index contributed by atoms with van der Waals surface area (Å²) in [6.07, 6.45) is 7.46. The molecule has 2 heteroatoms. The quantitative estimate of drug-likeness (QED) is 0.688. The molecule has 17 heavy (non-hydrogen) atoms. The minimum atomic E-state index is 0.534. The standard InChI is InChI=1S/C15H29NO/c1-5-6-15(11-17-4)16-10-14-8-12(2)7-13(3)9-14/h7,12,14-16H,5-6,8-11H2,1-4H3. The smallest absolute Gasteiger partial charge is 0.0615 e. The number of methoxy groups -OCH3 is 1. The zero-order chi connectivity index (χ0) is 12.7. The highest BCUT2D eigenvalue weighted by Crippen LogP contribution is 2.27. The summed E-state index contributed by atoms with van der Waals surface area (Å²) in [6.45, 7) is 8.81. The van der Waals surface area contributed by atoms with Crippen LogP contribution < -0.4 is 5.32 Å². The van der Waals surface area contributed by atoms with Crippen molar-refractivity contribution in [1.29, 1.82) is 0 Å². The van der Waals surface area contributed by atoms with Gasteiger partial charge in [-0.2, -0.15) is 0 Å². The van der Waals surface area contributed by atoms with Gasteiger partial charge in [0.2, 0.25) is 0 Å². The summed E-state index contributed by atoms with van der Waals surface area (Å²) < 4.78 is 5.26. The van der Waals surface area contributed by atoms with Crippen molar-refractivity contribution in [2.45, 2.75) is 52.5 Å². The van der Waals surface area contributed by atoms with Crippen molar-refractivity contribution in [1.82, 2.24) is 5.32 Å². The van der Waals surface area contributed by atoms with Gasteiger partial charge in [-0.1, -0.05) is 31.9 Å². The summed E-state index contributed by atoms with van der Waals surface area (Å²) in [6, 6.07) is 0.534. The first kappa shape index (κ1) is 14.7. The van der Waals surface area contributed by atoms with Crippen molar-refractivity contribution in [2.75, 3.05) is 20.3 Å². The molecule has 0 bridgehead atoms. The normalized spacial score (nSPS) is 26.7. The van der Waals surface area contributed by atoms with Crippen LogP contribution in [0.1, 0.15) is 46.5 Å². The summed E-state index contributed by atoms with van der Waals surface area (Å²) in [5.74, 6) is 1.56. The van der Waals surface area contributed by atoms with E-state index >= 15 is 0 Å². The monoisotopic (exact) mass is 239 g/mol. The van der Waals surface area contributed by atoms with Gasteiger partial charge in [0, 0.05) is 13.2 Å². The van der Waals surface area contributed by atoms with Crippen molar-refractivity contribution in [3.8, 4) is 0 Å². The van der Waals surface area contributed by atoms with Gasteiger partial charge < -0.3 is 10.1 Å². The van der Waals surface area contributed by atoms with E-state index in [1.807, 2.05) is 0 Å². The van der Waals surface area contributed by atoms with E-state index in [0.29, 0.717) is 6.04 Å².